The molecule has 1 aromatic carbocycles. The number of fused-ring (bicyclic) bond motifs is 1. The molecule has 116 valence electrons. The van der Waals surface area contributed by atoms with E-state index in [1.54, 1.807) is 32.9 Å². The van der Waals surface area contributed by atoms with Gasteiger partial charge >= 0.3 is 13.2 Å². The third-order valence-electron chi connectivity index (χ3n) is 2.83. The molecule has 0 aliphatic carbocycles. The standard InChI is InChI=1S/C14H15BN2O4.H3N/c1-14(2,3)21-13(18)17-8-11(15(19)20)10-5-4-9(7-16)6-12(10)17;/h4-6,8,19-20H,1-3H3;1H3. The van der Waals surface area contributed by atoms with Crippen LogP contribution >= 0.6 is 0 Å². The lowest BCUT2D eigenvalue weighted by Crippen LogP contribution is -2.30. The van der Waals surface area contributed by atoms with Gasteiger partial charge in [0.15, 0.2) is 0 Å². The molecule has 0 radical (unpaired) electrons. The number of aromatic nitrogens is 1. The zero-order chi connectivity index (χ0) is 15.8. The van der Waals surface area contributed by atoms with Crippen LogP contribution < -0.4 is 11.6 Å². The number of carbonyl (C=O) groups is 1. The topological polar surface area (TPSA) is 130 Å². The molecule has 0 aliphatic heterocycles. The lowest BCUT2D eigenvalue weighted by atomic mass is 9.80. The molecule has 0 aliphatic rings. The normalized spacial score (nSPS) is 10.7. The number of nitrogens with zero attached hydrogens (tertiary/aromatic N) is 2. The average Bonchev–Trinajstić information content (AvgIpc) is 2.75. The Morgan fingerprint density at radius 3 is 2.50 bits per heavy atom. The fourth-order valence-corrected chi connectivity index (χ4v) is 1.99. The lowest BCUT2D eigenvalue weighted by molar-refractivity contribution is 0.0544. The van der Waals surface area contributed by atoms with Gasteiger partial charge in [-0.3, -0.25) is 4.57 Å². The second-order valence-corrected chi connectivity index (χ2v) is 5.65. The minimum Gasteiger partial charge on any atom is -0.443 e. The molecular formula is C14H18BN3O4. The maximum Gasteiger partial charge on any atom is 0.490 e. The van der Waals surface area contributed by atoms with E-state index in [1.165, 1.54) is 16.8 Å². The lowest BCUT2D eigenvalue weighted by Gasteiger charge is -2.19. The summed E-state index contributed by atoms with van der Waals surface area (Å²) in [6.07, 6.45) is 0.666. The molecule has 0 saturated heterocycles. The van der Waals surface area contributed by atoms with Crippen LogP contribution in [0, 0.1) is 11.3 Å². The van der Waals surface area contributed by atoms with Crippen LogP contribution in [-0.2, 0) is 4.74 Å². The Kier molecular flexibility index (Phi) is 4.99. The van der Waals surface area contributed by atoms with Crippen LogP contribution in [0.25, 0.3) is 10.9 Å². The van der Waals surface area contributed by atoms with Crippen molar-refractivity contribution < 1.29 is 19.6 Å². The molecule has 1 aromatic heterocycles. The molecule has 0 saturated carbocycles. The first-order chi connectivity index (χ1) is 9.73. The fourth-order valence-electron chi connectivity index (χ4n) is 1.99. The third-order valence-corrected chi connectivity index (χ3v) is 2.83. The molecule has 8 heteroatoms. The van der Waals surface area contributed by atoms with Crippen LogP contribution in [0.15, 0.2) is 24.4 Å². The van der Waals surface area contributed by atoms with Crippen molar-refractivity contribution in [2.45, 2.75) is 26.4 Å². The van der Waals surface area contributed by atoms with Gasteiger partial charge in [0.05, 0.1) is 17.1 Å². The predicted octanol–water partition coefficient (Wildman–Crippen LogP) is 1.14. The van der Waals surface area contributed by atoms with E-state index in [9.17, 15) is 14.8 Å². The van der Waals surface area contributed by atoms with Crippen molar-refractivity contribution in [2.75, 3.05) is 0 Å². The van der Waals surface area contributed by atoms with Crippen LogP contribution in [0.2, 0.25) is 0 Å². The monoisotopic (exact) mass is 303 g/mol. The first kappa shape index (κ1) is 17.7. The summed E-state index contributed by atoms with van der Waals surface area (Å²) in [5.74, 6) is 0. The van der Waals surface area contributed by atoms with Crippen LogP contribution in [0.4, 0.5) is 4.79 Å². The van der Waals surface area contributed by atoms with Gasteiger partial charge in [0.2, 0.25) is 0 Å². The van der Waals surface area contributed by atoms with E-state index in [1.807, 2.05) is 6.07 Å². The number of hydrogen-bond acceptors (Lipinski definition) is 6. The molecule has 1 heterocycles. The fraction of sp³-hybridized carbons (Fsp3) is 0.286. The van der Waals surface area contributed by atoms with Crippen molar-refractivity contribution in [2.24, 2.45) is 0 Å². The van der Waals surface area contributed by atoms with Crippen molar-refractivity contribution in [3.8, 4) is 6.07 Å². The Hall–Kier alpha value is -2.34. The Bertz CT molecular complexity index is 741. The highest BCUT2D eigenvalue weighted by molar-refractivity contribution is 6.62. The van der Waals surface area contributed by atoms with E-state index in [0.717, 1.165) is 0 Å². The van der Waals surface area contributed by atoms with Gasteiger partial charge in [0, 0.05) is 17.0 Å². The predicted molar refractivity (Wildman–Crippen MR) is 83.1 cm³/mol. The quantitative estimate of drug-likeness (QED) is 0.677. The molecule has 2 rings (SSSR count). The molecule has 0 amide bonds. The van der Waals surface area contributed by atoms with Crippen LogP contribution in [0.1, 0.15) is 26.3 Å². The van der Waals surface area contributed by atoms with E-state index in [2.05, 4.69) is 0 Å². The van der Waals surface area contributed by atoms with E-state index < -0.39 is 18.8 Å². The summed E-state index contributed by atoms with van der Waals surface area (Å²) >= 11 is 0. The minimum absolute atomic E-state index is 0. The first-order valence-corrected chi connectivity index (χ1v) is 6.37. The van der Waals surface area contributed by atoms with Gasteiger partial charge in [0.1, 0.15) is 5.60 Å². The third kappa shape index (κ3) is 3.46. The zero-order valence-electron chi connectivity index (χ0n) is 12.7. The molecule has 22 heavy (non-hydrogen) atoms. The van der Waals surface area contributed by atoms with Gasteiger partial charge in [-0.2, -0.15) is 5.26 Å². The summed E-state index contributed by atoms with van der Waals surface area (Å²) in [6, 6.07) is 6.61. The Morgan fingerprint density at radius 1 is 1.36 bits per heavy atom. The van der Waals surface area contributed by atoms with E-state index >= 15 is 0 Å². The molecule has 0 fully saturated rings. The number of nitriles is 1. The van der Waals surface area contributed by atoms with Gasteiger partial charge in [-0.05, 0) is 32.9 Å². The van der Waals surface area contributed by atoms with Gasteiger partial charge in [-0.15, -0.1) is 0 Å². The molecule has 0 spiro atoms. The second-order valence-electron chi connectivity index (χ2n) is 5.65. The van der Waals surface area contributed by atoms with Crippen molar-refractivity contribution >= 4 is 29.6 Å². The molecule has 2 aromatic rings. The van der Waals surface area contributed by atoms with Crippen LogP contribution in [0.3, 0.4) is 0 Å². The van der Waals surface area contributed by atoms with E-state index in [4.69, 9.17) is 10.00 Å². The smallest absolute Gasteiger partial charge is 0.443 e. The average molecular weight is 303 g/mol. The Balaban J connectivity index is 0.00000242. The van der Waals surface area contributed by atoms with Crippen molar-refractivity contribution in [1.82, 2.24) is 10.7 Å². The number of rotatable bonds is 1. The SMILES string of the molecule is CC(C)(C)OC(=O)n1cc(B(O)O)c2ccc(C#N)cc21.N. The molecule has 5 N–H and O–H groups in total. The van der Waals surface area contributed by atoms with Crippen LogP contribution in [-0.4, -0.2) is 33.4 Å². The summed E-state index contributed by atoms with van der Waals surface area (Å²) in [5.41, 5.74) is 0.259. The molecular weight excluding hydrogens is 285 g/mol. The van der Waals surface area contributed by atoms with Gasteiger partial charge in [0.25, 0.3) is 0 Å². The number of benzene rings is 1. The Labute approximate surface area is 128 Å². The largest absolute Gasteiger partial charge is 0.490 e. The molecule has 7 nitrogen and oxygen atoms in total. The van der Waals surface area contributed by atoms with Gasteiger partial charge in [-0.1, -0.05) is 6.07 Å². The highest BCUT2D eigenvalue weighted by Gasteiger charge is 2.24. The van der Waals surface area contributed by atoms with E-state index in [-0.39, 0.29) is 11.6 Å². The first-order valence-electron chi connectivity index (χ1n) is 6.37. The van der Waals surface area contributed by atoms with Gasteiger partial charge < -0.3 is 20.9 Å². The number of hydrogen-bond donors (Lipinski definition) is 3. The minimum atomic E-state index is -1.72. The maximum atomic E-state index is 12.2. The molecule has 0 bridgehead atoms. The van der Waals surface area contributed by atoms with Crippen LogP contribution in [0.5, 0.6) is 0 Å². The summed E-state index contributed by atoms with van der Waals surface area (Å²) < 4.78 is 6.45. The Morgan fingerprint density at radius 2 is 2.00 bits per heavy atom. The number of carbonyl (C=O) groups excluding carboxylic acids is 1. The number of ether oxygens (including phenoxy) is 1. The highest BCUT2D eigenvalue weighted by atomic mass is 16.6. The summed E-state index contributed by atoms with van der Waals surface area (Å²) in [6.45, 7) is 5.21. The summed E-state index contributed by atoms with van der Waals surface area (Å²) in [4.78, 5) is 12.2. The highest BCUT2D eigenvalue weighted by Crippen LogP contribution is 2.18. The molecule has 0 atom stereocenters. The molecule has 0 unspecified atom stereocenters. The van der Waals surface area contributed by atoms with Gasteiger partial charge in [-0.25, -0.2) is 4.79 Å². The van der Waals surface area contributed by atoms with E-state index in [0.29, 0.717) is 16.5 Å². The maximum absolute atomic E-state index is 12.2. The zero-order valence-corrected chi connectivity index (χ0v) is 12.7. The van der Waals surface area contributed by atoms with Crippen molar-refractivity contribution in [1.29, 1.82) is 5.26 Å². The summed E-state index contributed by atoms with van der Waals surface area (Å²) in [7, 11) is -1.72. The second kappa shape index (κ2) is 6.19. The summed E-state index contributed by atoms with van der Waals surface area (Å²) in [5, 5.41) is 28.2. The van der Waals surface area contributed by atoms with Crippen molar-refractivity contribution in [3.63, 3.8) is 0 Å². The van der Waals surface area contributed by atoms with Crippen molar-refractivity contribution in [3.05, 3.63) is 30.0 Å².